The second-order valence-corrected chi connectivity index (χ2v) is 5.94. The molecule has 1 rings (SSSR count). The molecule has 0 atom stereocenters. The van der Waals surface area contributed by atoms with E-state index in [9.17, 15) is 18.5 Å². The predicted octanol–water partition coefficient (Wildman–Crippen LogP) is 1.44. The normalized spacial score (nSPS) is 11.1. The van der Waals surface area contributed by atoms with E-state index in [0.717, 1.165) is 0 Å². The van der Waals surface area contributed by atoms with Crippen molar-refractivity contribution in [1.82, 2.24) is 0 Å². The molecule has 0 spiro atoms. The Morgan fingerprint density at radius 3 is 2.35 bits per heavy atom. The van der Waals surface area contributed by atoms with Crippen LogP contribution in [0.5, 0.6) is 0 Å². The van der Waals surface area contributed by atoms with Crippen molar-refractivity contribution in [3.63, 3.8) is 0 Å². The largest absolute Gasteiger partial charge is 0.384 e. The fraction of sp³-hybridized carbons (Fsp3) is 0.400. The van der Waals surface area contributed by atoms with Crippen LogP contribution in [0.3, 0.4) is 0 Å². The summed E-state index contributed by atoms with van der Waals surface area (Å²) in [5.74, 6) is 0.176. The highest BCUT2D eigenvalue weighted by Crippen LogP contribution is 2.14. The Morgan fingerprint density at radius 2 is 1.88 bits per heavy atom. The molecular weight excluding hydrogens is 244 g/mol. The molecule has 0 aliphatic heterocycles. The number of nitrogens with zero attached hydrogens (tertiary/aromatic N) is 1. The molecule has 0 aromatic heterocycles. The number of hydrogen-bond donors (Lipinski definition) is 1. The maximum Gasteiger partial charge on any atom is 0.269 e. The van der Waals surface area contributed by atoms with Crippen molar-refractivity contribution >= 4 is 21.2 Å². The third kappa shape index (κ3) is 4.39. The molecular formula is C10H14N2O4S. The molecule has 17 heavy (non-hydrogen) atoms. The first kappa shape index (κ1) is 13.4. The minimum Gasteiger partial charge on any atom is -0.384 e. The van der Waals surface area contributed by atoms with E-state index in [1.54, 1.807) is 19.1 Å². The number of nitro groups is 1. The zero-order chi connectivity index (χ0) is 12.9. The quantitative estimate of drug-likeness (QED) is 0.616. The number of nitrogens with one attached hydrogen (secondary N) is 1. The van der Waals surface area contributed by atoms with Crippen molar-refractivity contribution < 1.29 is 13.3 Å². The smallest absolute Gasteiger partial charge is 0.269 e. The number of non-ortho nitro benzene ring substituents is 1. The van der Waals surface area contributed by atoms with E-state index in [-0.39, 0.29) is 17.2 Å². The highest BCUT2D eigenvalue weighted by Gasteiger charge is 2.07. The summed E-state index contributed by atoms with van der Waals surface area (Å²) in [6.07, 6.45) is 0. The molecule has 0 aliphatic carbocycles. The number of hydrogen-bond acceptors (Lipinski definition) is 5. The molecule has 0 amide bonds. The first-order chi connectivity index (χ1) is 7.94. The third-order valence-electron chi connectivity index (χ3n) is 2.26. The molecule has 6 nitrogen and oxygen atoms in total. The van der Waals surface area contributed by atoms with Gasteiger partial charge in [-0.2, -0.15) is 0 Å². The first-order valence-corrected chi connectivity index (χ1v) is 6.95. The topological polar surface area (TPSA) is 89.3 Å². The Bertz CT molecular complexity index is 482. The SMILES string of the molecule is CCS(=O)(=O)CCNc1ccc([N+](=O)[O-])cc1. The lowest BCUT2D eigenvalue weighted by atomic mass is 10.3. The standard InChI is InChI=1S/C10H14N2O4S/c1-2-17(15,16)8-7-11-9-3-5-10(6-4-9)12(13)14/h3-6,11H,2,7-8H2,1H3. The van der Waals surface area contributed by atoms with Crippen LogP contribution in [-0.4, -0.2) is 31.4 Å². The lowest BCUT2D eigenvalue weighted by Gasteiger charge is -2.05. The monoisotopic (exact) mass is 258 g/mol. The van der Waals surface area contributed by atoms with Gasteiger partial charge in [0.25, 0.3) is 5.69 Å². The Morgan fingerprint density at radius 1 is 1.29 bits per heavy atom. The molecule has 0 radical (unpaired) electrons. The molecule has 0 saturated heterocycles. The fourth-order valence-corrected chi connectivity index (χ4v) is 1.90. The minimum absolute atomic E-state index is 0.0109. The number of nitro benzene ring substituents is 1. The van der Waals surface area contributed by atoms with Gasteiger partial charge in [0.15, 0.2) is 9.84 Å². The molecule has 0 unspecified atom stereocenters. The van der Waals surface area contributed by atoms with E-state index in [2.05, 4.69) is 5.32 Å². The molecule has 0 heterocycles. The zero-order valence-corrected chi connectivity index (χ0v) is 10.2. The Labute approximate surface area is 99.7 Å². The van der Waals surface area contributed by atoms with Crippen LogP contribution in [0.1, 0.15) is 6.92 Å². The average Bonchev–Trinajstić information content (AvgIpc) is 2.29. The van der Waals surface area contributed by atoms with Crippen LogP contribution in [0.2, 0.25) is 0 Å². The molecule has 0 fully saturated rings. The fourth-order valence-electron chi connectivity index (χ4n) is 1.20. The molecule has 1 N–H and O–H groups in total. The van der Waals surface area contributed by atoms with Crippen molar-refractivity contribution in [2.45, 2.75) is 6.92 Å². The lowest BCUT2D eigenvalue weighted by Crippen LogP contribution is -2.17. The average molecular weight is 258 g/mol. The van der Waals surface area contributed by atoms with Gasteiger partial charge < -0.3 is 5.32 Å². The van der Waals surface area contributed by atoms with Crippen molar-refractivity contribution in [2.75, 3.05) is 23.4 Å². The zero-order valence-electron chi connectivity index (χ0n) is 9.42. The van der Waals surface area contributed by atoms with E-state index >= 15 is 0 Å². The molecule has 7 heteroatoms. The van der Waals surface area contributed by atoms with Gasteiger partial charge in [0, 0.05) is 30.1 Å². The van der Waals surface area contributed by atoms with Crippen molar-refractivity contribution in [3.8, 4) is 0 Å². The Hall–Kier alpha value is -1.63. The lowest BCUT2D eigenvalue weighted by molar-refractivity contribution is -0.384. The van der Waals surface area contributed by atoms with Gasteiger partial charge in [0.05, 0.1) is 10.7 Å². The highest BCUT2D eigenvalue weighted by atomic mass is 32.2. The van der Waals surface area contributed by atoms with Gasteiger partial charge in [-0.15, -0.1) is 0 Å². The van der Waals surface area contributed by atoms with E-state index < -0.39 is 14.8 Å². The van der Waals surface area contributed by atoms with Crippen molar-refractivity contribution in [3.05, 3.63) is 34.4 Å². The number of anilines is 1. The van der Waals surface area contributed by atoms with Crippen molar-refractivity contribution in [1.29, 1.82) is 0 Å². The van der Waals surface area contributed by atoms with E-state index in [0.29, 0.717) is 12.2 Å². The number of rotatable bonds is 6. The predicted molar refractivity (Wildman–Crippen MR) is 65.9 cm³/mol. The second-order valence-electron chi connectivity index (χ2n) is 3.47. The number of benzene rings is 1. The van der Waals surface area contributed by atoms with Crippen LogP contribution in [0, 0.1) is 10.1 Å². The summed E-state index contributed by atoms with van der Waals surface area (Å²) in [5.41, 5.74) is 0.679. The Balaban J connectivity index is 2.51. The van der Waals surface area contributed by atoms with E-state index in [4.69, 9.17) is 0 Å². The van der Waals surface area contributed by atoms with Crippen LogP contribution in [0.25, 0.3) is 0 Å². The first-order valence-electron chi connectivity index (χ1n) is 5.13. The van der Waals surface area contributed by atoms with Gasteiger partial charge >= 0.3 is 0 Å². The van der Waals surface area contributed by atoms with Crippen LogP contribution in [0.4, 0.5) is 11.4 Å². The summed E-state index contributed by atoms with van der Waals surface area (Å²) in [4.78, 5) is 9.92. The molecule has 0 aliphatic rings. The summed E-state index contributed by atoms with van der Waals surface area (Å²) < 4.78 is 22.4. The van der Waals surface area contributed by atoms with Gasteiger partial charge in [-0.1, -0.05) is 6.92 Å². The number of sulfone groups is 1. The summed E-state index contributed by atoms with van der Waals surface area (Å²) in [5, 5.41) is 13.3. The van der Waals surface area contributed by atoms with Crippen LogP contribution < -0.4 is 5.32 Å². The third-order valence-corrected chi connectivity index (χ3v) is 3.97. The van der Waals surface area contributed by atoms with Gasteiger partial charge in [-0.05, 0) is 12.1 Å². The molecule has 0 saturated carbocycles. The van der Waals surface area contributed by atoms with Crippen LogP contribution in [-0.2, 0) is 9.84 Å². The van der Waals surface area contributed by atoms with Crippen molar-refractivity contribution in [2.24, 2.45) is 0 Å². The molecule has 94 valence electrons. The molecule has 1 aromatic rings. The van der Waals surface area contributed by atoms with Crippen LogP contribution in [0.15, 0.2) is 24.3 Å². The van der Waals surface area contributed by atoms with E-state index in [1.807, 2.05) is 0 Å². The summed E-state index contributed by atoms with van der Waals surface area (Å²) >= 11 is 0. The molecule has 1 aromatic carbocycles. The Kier molecular flexibility index (Phi) is 4.45. The van der Waals surface area contributed by atoms with Gasteiger partial charge in [-0.25, -0.2) is 8.42 Å². The minimum atomic E-state index is -2.98. The second kappa shape index (κ2) is 5.62. The van der Waals surface area contributed by atoms with Crippen LogP contribution >= 0.6 is 0 Å². The van der Waals surface area contributed by atoms with Gasteiger partial charge in [0.1, 0.15) is 0 Å². The maximum atomic E-state index is 11.2. The molecule has 0 bridgehead atoms. The van der Waals surface area contributed by atoms with E-state index in [1.165, 1.54) is 12.1 Å². The highest BCUT2D eigenvalue weighted by molar-refractivity contribution is 7.91. The maximum absolute atomic E-state index is 11.2. The van der Waals surface area contributed by atoms with Gasteiger partial charge in [0.2, 0.25) is 0 Å². The summed E-state index contributed by atoms with van der Waals surface area (Å²) in [6.45, 7) is 1.90. The summed E-state index contributed by atoms with van der Waals surface area (Å²) in [7, 11) is -2.98. The summed E-state index contributed by atoms with van der Waals surface area (Å²) in [6, 6.07) is 5.85. The van der Waals surface area contributed by atoms with Gasteiger partial charge in [-0.3, -0.25) is 10.1 Å².